The summed E-state index contributed by atoms with van der Waals surface area (Å²) in [7, 11) is 0. The number of rotatable bonds is 5. The minimum Gasteiger partial charge on any atom is -0.444 e. The highest BCUT2D eigenvalue weighted by Crippen LogP contribution is 2.37. The number of hydrogen-bond donors (Lipinski definition) is 0. The quantitative estimate of drug-likeness (QED) is 0.789. The van der Waals surface area contributed by atoms with E-state index in [1.165, 1.54) is 25.9 Å². The van der Waals surface area contributed by atoms with Gasteiger partial charge in [0.05, 0.1) is 12.2 Å². The minimum atomic E-state index is -0.471. The third-order valence-corrected chi connectivity index (χ3v) is 5.40. The Kier molecular flexibility index (Phi) is 6.37. The molecule has 0 radical (unpaired) electrons. The largest absolute Gasteiger partial charge is 0.444 e. The van der Waals surface area contributed by atoms with Crippen LogP contribution in [0.5, 0.6) is 0 Å². The molecule has 150 valence electrons. The fourth-order valence-corrected chi connectivity index (χ4v) is 3.90. The van der Waals surface area contributed by atoms with Crippen LogP contribution in [0.25, 0.3) is 0 Å². The molecule has 1 amide bonds. The summed E-state index contributed by atoms with van der Waals surface area (Å²) in [5.41, 5.74) is 0.267. The van der Waals surface area contributed by atoms with E-state index in [9.17, 15) is 4.79 Å². The molecule has 2 aliphatic rings. The van der Waals surface area contributed by atoms with Gasteiger partial charge in [0.25, 0.3) is 0 Å². The highest BCUT2D eigenvalue weighted by Gasteiger charge is 2.39. The Morgan fingerprint density at radius 3 is 2.48 bits per heavy atom. The van der Waals surface area contributed by atoms with E-state index in [1.54, 1.807) is 11.1 Å². The first-order valence-corrected chi connectivity index (χ1v) is 10.1. The van der Waals surface area contributed by atoms with Crippen molar-refractivity contribution in [2.24, 2.45) is 0 Å². The molecular formula is C21H33N3O3. The lowest BCUT2D eigenvalue weighted by Gasteiger charge is -2.42. The lowest BCUT2D eigenvalue weighted by molar-refractivity contribution is -0.0938. The van der Waals surface area contributed by atoms with Crippen molar-refractivity contribution in [3.05, 3.63) is 30.1 Å². The van der Waals surface area contributed by atoms with Crippen molar-refractivity contribution in [1.29, 1.82) is 0 Å². The van der Waals surface area contributed by atoms with Crippen LogP contribution in [0.2, 0.25) is 0 Å². The maximum atomic E-state index is 12.4. The number of carbonyl (C=O) groups excluding carboxylic acids is 1. The van der Waals surface area contributed by atoms with Crippen LogP contribution < -0.4 is 0 Å². The van der Waals surface area contributed by atoms with Crippen LogP contribution in [0, 0.1) is 0 Å². The Labute approximate surface area is 162 Å². The first-order valence-electron chi connectivity index (χ1n) is 10.1. The molecule has 2 saturated heterocycles. The fourth-order valence-electron chi connectivity index (χ4n) is 3.90. The highest BCUT2D eigenvalue weighted by molar-refractivity contribution is 5.68. The van der Waals surface area contributed by atoms with Crippen molar-refractivity contribution < 1.29 is 14.3 Å². The molecule has 0 N–H and O–H groups in total. The number of amides is 1. The molecule has 0 atom stereocenters. The van der Waals surface area contributed by atoms with Gasteiger partial charge in [-0.25, -0.2) is 4.79 Å². The predicted molar refractivity (Wildman–Crippen MR) is 105 cm³/mol. The molecule has 2 fully saturated rings. The number of nitrogens with zero attached hydrogens (tertiary/aromatic N) is 3. The second-order valence-corrected chi connectivity index (χ2v) is 8.60. The molecule has 0 spiro atoms. The molecule has 27 heavy (non-hydrogen) atoms. The van der Waals surface area contributed by atoms with Gasteiger partial charge in [0.2, 0.25) is 0 Å². The summed E-state index contributed by atoms with van der Waals surface area (Å²) in [5.74, 6) is 0. The van der Waals surface area contributed by atoms with E-state index >= 15 is 0 Å². The van der Waals surface area contributed by atoms with Gasteiger partial charge in [-0.3, -0.25) is 4.98 Å². The first-order chi connectivity index (χ1) is 12.9. The Morgan fingerprint density at radius 1 is 1.19 bits per heavy atom. The summed E-state index contributed by atoms with van der Waals surface area (Å²) in [5, 5.41) is 0. The molecule has 6 nitrogen and oxygen atoms in total. The summed E-state index contributed by atoms with van der Waals surface area (Å²) in [6.45, 7) is 11.0. The van der Waals surface area contributed by atoms with Crippen molar-refractivity contribution in [3.8, 4) is 0 Å². The molecule has 0 saturated carbocycles. The summed E-state index contributed by atoms with van der Waals surface area (Å²) in [4.78, 5) is 21.0. The van der Waals surface area contributed by atoms with Gasteiger partial charge in [0, 0.05) is 37.6 Å². The first kappa shape index (κ1) is 20.1. The predicted octanol–water partition coefficient (Wildman–Crippen LogP) is 3.42. The smallest absolute Gasteiger partial charge is 0.410 e. The molecule has 1 aromatic rings. The van der Waals surface area contributed by atoms with E-state index in [4.69, 9.17) is 9.47 Å². The average molecular weight is 376 g/mol. The Morgan fingerprint density at radius 2 is 1.89 bits per heavy atom. The minimum absolute atomic E-state index is 0.237. The Hall–Kier alpha value is -1.66. The van der Waals surface area contributed by atoms with Crippen LogP contribution in [0.1, 0.15) is 52.0 Å². The maximum absolute atomic E-state index is 12.4. The van der Waals surface area contributed by atoms with Crippen LogP contribution in [0.4, 0.5) is 4.79 Å². The number of carbonyl (C=O) groups is 1. The topological polar surface area (TPSA) is 54.9 Å². The monoisotopic (exact) mass is 375 g/mol. The van der Waals surface area contributed by atoms with Gasteiger partial charge in [-0.1, -0.05) is 6.07 Å². The van der Waals surface area contributed by atoms with Gasteiger partial charge in [-0.2, -0.15) is 0 Å². The average Bonchev–Trinajstić information content (AvgIpc) is 3.15. The van der Waals surface area contributed by atoms with Gasteiger partial charge >= 0.3 is 6.09 Å². The second kappa shape index (κ2) is 8.57. The van der Waals surface area contributed by atoms with Gasteiger partial charge in [-0.15, -0.1) is 0 Å². The lowest BCUT2D eigenvalue weighted by Crippen LogP contribution is -2.48. The third kappa shape index (κ3) is 5.42. The molecule has 3 rings (SSSR count). The molecule has 6 heteroatoms. The standard InChI is InChI=1S/C21H33N3O3/c1-20(2,3)27-19(25)24-13-8-21(9-14-24,18-7-6-10-22-17-18)26-16-15-23-11-4-5-12-23/h6-7,10,17H,4-5,8-9,11-16H2,1-3H3. The van der Waals surface area contributed by atoms with Gasteiger partial charge < -0.3 is 19.3 Å². The molecule has 0 unspecified atom stereocenters. The molecular weight excluding hydrogens is 342 g/mol. The fraction of sp³-hybridized carbons (Fsp3) is 0.714. The van der Waals surface area contributed by atoms with Crippen molar-refractivity contribution in [2.75, 3.05) is 39.3 Å². The van der Waals surface area contributed by atoms with Crippen molar-refractivity contribution in [1.82, 2.24) is 14.8 Å². The van der Waals surface area contributed by atoms with Crippen molar-refractivity contribution in [3.63, 3.8) is 0 Å². The summed E-state index contributed by atoms with van der Waals surface area (Å²) in [6, 6.07) is 4.05. The zero-order valence-corrected chi connectivity index (χ0v) is 16.9. The van der Waals surface area contributed by atoms with Crippen LogP contribution >= 0.6 is 0 Å². The van der Waals surface area contributed by atoms with Crippen LogP contribution in [-0.4, -0.2) is 65.8 Å². The number of piperidine rings is 1. The second-order valence-electron chi connectivity index (χ2n) is 8.60. The van der Waals surface area contributed by atoms with E-state index in [-0.39, 0.29) is 11.7 Å². The van der Waals surface area contributed by atoms with Crippen molar-refractivity contribution in [2.45, 2.75) is 57.7 Å². The zero-order valence-electron chi connectivity index (χ0n) is 16.9. The van der Waals surface area contributed by atoms with Crippen LogP contribution in [-0.2, 0) is 15.1 Å². The number of hydrogen-bond acceptors (Lipinski definition) is 5. The van der Waals surface area contributed by atoms with Gasteiger partial charge in [-0.05, 0) is 65.6 Å². The van der Waals surface area contributed by atoms with E-state index in [0.717, 1.165) is 24.9 Å². The summed E-state index contributed by atoms with van der Waals surface area (Å²) < 4.78 is 12.0. The zero-order chi connectivity index (χ0) is 19.3. The van der Waals surface area contributed by atoms with E-state index in [0.29, 0.717) is 19.7 Å². The van der Waals surface area contributed by atoms with Gasteiger partial charge in [0.1, 0.15) is 5.60 Å². The SMILES string of the molecule is CC(C)(C)OC(=O)N1CCC(OCCN2CCCC2)(c2cccnc2)CC1. The summed E-state index contributed by atoms with van der Waals surface area (Å²) in [6.07, 6.45) is 7.56. The van der Waals surface area contributed by atoms with E-state index in [1.807, 2.05) is 33.0 Å². The number of pyridine rings is 1. The summed E-state index contributed by atoms with van der Waals surface area (Å²) >= 11 is 0. The van der Waals surface area contributed by atoms with Crippen molar-refractivity contribution >= 4 is 6.09 Å². The van der Waals surface area contributed by atoms with E-state index in [2.05, 4.69) is 16.0 Å². The molecule has 1 aromatic heterocycles. The lowest BCUT2D eigenvalue weighted by atomic mass is 9.85. The van der Waals surface area contributed by atoms with Crippen LogP contribution in [0.15, 0.2) is 24.5 Å². The molecule has 0 bridgehead atoms. The molecule has 0 aliphatic carbocycles. The highest BCUT2D eigenvalue weighted by atomic mass is 16.6. The maximum Gasteiger partial charge on any atom is 0.410 e. The Bertz CT molecular complexity index is 601. The third-order valence-electron chi connectivity index (χ3n) is 5.40. The number of ether oxygens (including phenoxy) is 2. The van der Waals surface area contributed by atoms with E-state index < -0.39 is 5.60 Å². The Balaban J connectivity index is 1.63. The van der Waals surface area contributed by atoms with Gasteiger partial charge in [0.15, 0.2) is 0 Å². The molecule has 3 heterocycles. The van der Waals surface area contributed by atoms with Crippen LogP contribution in [0.3, 0.4) is 0 Å². The molecule has 2 aliphatic heterocycles. The number of likely N-dealkylation sites (tertiary alicyclic amines) is 2. The number of aromatic nitrogens is 1. The normalized spacial score (nSPS) is 20.6. The molecule has 0 aromatic carbocycles.